The Morgan fingerprint density at radius 1 is 1.20 bits per heavy atom. The van der Waals surface area contributed by atoms with Gasteiger partial charge < -0.3 is 14.4 Å². The van der Waals surface area contributed by atoms with Crippen LogP contribution in [-0.2, 0) is 19.5 Å². The Kier molecular flexibility index (Phi) is 7.45. The van der Waals surface area contributed by atoms with E-state index in [0.29, 0.717) is 24.2 Å². The molecule has 1 aliphatic rings. The van der Waals surface area contributed by atoms with Crippen LogP contribution in [0.15, 0.2) is 41.3 Å². The van der Waals surface area contributed by atoms with Crippen molar-refractivity contribution < 1.29 is 17.9 Å². The first-order chi connectivity index (χ1) is 14.5. The third kappa shape index (κ3) is 5.18. The van der Waals surface area contributed by atoms with E-state index in [2.05, 4.69) is 21.8 Å². The maximum atomic E-state index is 12.6. The number of nitriles is 1. The van der Waals surface area contributed by atoms with Crippen LogP contribution < -0.4 is 9.62 Å². The molecule has 2 aromatic rings. The Bertz CT molecular complexity index is 1070. The highest BCUT2D eigenvalue weighted by Crippen LogP contribution is 2.28. The number of morpholine rings is 1. The molecular formula is C22H27N3O4S. The number of sulfonamides is 1. The Morgan fingerprint density at radius 2 is 1.90 bits per heavy atom. The minimum atomic E-state index is -3.88. The normalized spacial score (nSPS) is 15.7. The zero-order valence-electron chi connectivity index (χ0n) is 17.3. The summed E-state index contributed by atoms with van der Waals surface area (Å²) in [5.74, 6) is 0. The summed E-state index contributed by atoms with van der Waals surface area (Å²) in [4.78, 5) is 2.03. The van der Waals surface area contributed by atoms with Crippen LogP contribution in [0.4, 0.5) is 5.69 Å². The SMILES string of the molecule is COCCCNS(=O)(=O)/C(C#N)=C(\C)c1ccc2cc(N3CCOCC3)ccc2c1. The van der Waals surface area contributed by atoms with E-state index in [1.54, 1.807) is 14.0 Å². The van der Waals surface area contributed by atoms with E-state index in [1.165, 1.54) is 0 Å². The number of hydrogen-bond donors (Lipinski definition) is 1. The molecule has 1 saturated heterocycles. The van der Waals surface area contributed by atoms with Crippen molar-refractivity contribution in [1.29, 1.82) is 5.26 Å². The van der Waals surface area contributed by atoms with Crippen LogP contribution in [0.2, 0.25) is 0 Å². The van der Waals surface area contributed by atoms with Gasteiger partial charge in [-0.15, -0.1) is 0 Å². The van der Waals surface area contributed by atoms with Crippen molar-refractivity contribution in [2.45, 2.75) is 13.3 Å². The molecule has 0 atom stereocenters. The van der Waals surface area contributed by atoms with Gasteiger partial charge in [0.15, 0.2) is 4.91 Å². The second kappa shape index (κ2) is 10.0. The number of allylic oxidation sites excluding steroid dienone is 2. The van der Waals surface area contributed by atoms with Crippen molar-refractivity contribution in [1.82, 2.24) is 4.72 Å². The van der Waals surface area contributed by atoms with E-state index in [0.717, 1.165) is 42.8 Å². The van der Waals surface area contributed by atoms with Crippen molar-refractivity contribution in [2.75, 3.05) is 51.5 Å². The lowest BCUT2D eigenvalue weighted by atomic mass is 10.0. The van der Waals surface area contributed by atoms with Gasteiger partial charge in [-0.2, -0.15) is 5.26 Å². The molecule has 3 rings (SSSR count). The number of nitrogens with one attached hydrogen (secondary N) is 1. The van der Waals surface area contributed by atoms with Gasteiger partial charge in [0.05, 0.1) is 13.2 Å². The minimum Gasteiger partial charge on any atom is -0.385 e. The average molecular weight is 430 g/mol. The number of hydrogen-bond acceptors (Lipinski definition) is 6. The fraction of sp³-hybridized carbons (Fsp3) is 0.409. The highest BCUT2D eigenvalue weighted by Gasteiger charge is 2.21. The van der Waals surface area contributed by atoms with Crippen molar-refractivity contribution in [2.24, 2.45) is 0 Å². The van der Waals surface area contributed by atoms with E-state index in [4.69, 9.17) is 9.47 Å². The largest absolute Gasteiger partial charge is 0.385 e. The van der Waals surface area contributed by atoms with Crippen LogP contribution in [0, 0.1) is 11.3 Å². The summed E-state index contributed by atoms with van der Waals surface area (Å²) in [6, 6.07) is 13.8. The maximum absolute atomic E-state index is 12.6. The van der Waals surface area contributed by atoms with Gasteiger partial charge in [-0.25, -0.2) is 13.1 Å². The average Bonchev–Trinajstić information content (AvgIpc) is 2.77. The lowest BCUT2D eigenvalue weighted by Gasteiger charge is -2.29. The molecule has 1 N–H and O–H groups in total. The molecule has 0 aliphatic carbocycles. The molecule has 1 heterocycles. The molecule has 2 aromatic carbocycles. The Morgan fingerprint density at radius 3 is 2.60 bits per heavy atom. The number of methoxy groups -OCH3 is 1. The predicted molar refractivity (Wildman–Crippen MR) is 119 cm³/mol. The van der Waals surface area contributed by atoms with Crippen LogP contribution in [0.1, 0.15) is 18.9 Å². The number of rotatable bonds is 8. The van der Waals surface area contributed by atoms with Crippen molar-refractivity contribution in [3.8, 4) is 6.07 Å². The molecule has 30 heavy (non-hydrogen) atoms. The predicted octanol–water partition coefficient (Wildman–Crippen LogP) is 2.89. The fourth-order valence-corrected chi connectivity index (χ4v) is 4.65. The summed E-state index contributed by atoms with van der Waals surface area (Å²) < 4.78 is 38.0. The number of benzene rings is 2. The van der Waals surface area contributed by atoms with Crippen LogP contribution in [0.25, 0.3) is 16.3 Å². The zero-order valence-corrected chi connectivity index (χ0v) is 18.2. The Balaban J connectivity index is 1.87. The van der Waals surface area contributed by atoms with Gasteiger partial charge in [-0.3, -0.25) is 0 Å². The highest BCUT2D eigenvalue weighted by molar-refractivity contribution is 7.93. The lowest BCUT2D eigenvalue weighted by molar-refractivity contribution is 0.122. The molecule has 0 bridgehead atoms. The fourth-order valence-electron chi connectivity index (χ4n) is 3.46. The van der Waals surface area contributed by atoms with Crippen LogP contribution >= 0.6 is 0 Å². The van der Waals surface area contributed by atoms with Crippen molar-refractivity contribution in [3.05, 3.63) is 46.9 Å². The van der Waals surface area contributed by atoms with Gasteiger partial charge in [0.1, 0.15) is 6.07 Å². The lowest BCUT2D eigenvalue weighted by Crippen LogP contribution is -2.36. The van der Waals surface area contributed by atoms with Crippen LogP contribution in [0.5, 0.6) is 0 Å². The molecule has 160 valence electrons. The summed E-state index contributed by atoms with van der Waals surface area (Å²) in [5.41, 5.74) is 2.28. The molecule has 0 unspecified atom stereocenters. The quantitative estimate of drug-likeness (QED) is 0.512. The Hall–Kier alpha value is -2.44. The third-order valence-electron chi connectivity index (χ3n) is 5.16. The third-order valence-corrected chi connectivity index (χ3v) is 6.68. The highest BCUT2D eigenvalue weighted by atomic mass is 32.2. The van der Waals surface area contributed by atoms with Crippen LogP contribution in [-0.4, -0.2) is 55.0 Å². The Labute approximate surface area is 177 Å². The second-order valence-corrected chi connectivity index (χ2v) is 8.86. The van der Waals surface area contributed by atoms with Gasteiger partial charge in [0.25, 0.3) is 10.0 Å². The van der Waals surface area contributed by atoms with E-state index >= 15 is 0 Å². The zero-order chi connectivity index (χ0) is 21.6. The number of anilines is 1. The molecule has 0 spiro atoms. The van der Waals surface area contributed by atoms with E-state index in [-0.39, 0.29) is 11.4 Å². The summed E-state index contributed by atoms with van der Waals surface area (Å²) in [6.07, 6.45) is 0.537. The monoisotopic (exact) mass is 429 g/mol. The molecule has 0 saturated carbocycles. The van der Waals surface area contributed by atoms with Crippen molar-refractivity contribution >= 4 is 32.1 Å². The molecule has 1 aliphatic heterocycles. The van der Waals surface area contributed by atoms with E-state index in [1.807, 2.05) is 30.3 Å². The second-order valence-electron chi connectivity index (χ2n) is 7.16. The first-order valence-corrected chi connectivity index (χ1v) is 11.4. The van der Waals surface area contributed by atoms with Gasteiger partial charge in [-0.05, 0) is 53.5 Å². The van der Waals surface area contributed by atoms with E-state index < -0.39 is 10.0 Å². The number of nitrogens with zero attached hydrogens (tertiary/aromatic N) is 2. The molecule has 0 amide bonds. The van der Waals surface area contributed by atoms with Gasteiger partial charge in [0.2, 0.25) is 0 Å². The van der Waals surface area contributed by atoms with Gasteiger partial charge in [-0.1, -0.05) is 18.2 Å². The summed E-state index contributed by atoms with van der Waals surface area (Å²) in [7, 11) is -2.32. The maximum Gasteiger partial charge on any atom is 0.250 e. The smallest absolute Gasteiger partial charge is 0.250 e. The van der Waals surface area contributed by atoms with Crippen molar-refractivity contribution in [3.63, 3.8) is 0 Å². The standard InChI is InChI=1S/C22H27N3O4S/c1-17(22(16-23)30(26,27)24-8-3-11-28-2)18-4-5-20-15-21(7-6-19(20)14-18)25-9-12-29-13-10-25/h4-7,14-15,24H,3,8-13H2,1-2H3/b22-17+. The molecule has 1 fully saturated rings. The summed E-state index contributed by atoms with van der Waals surface area (Å²) in [6.45, 7) is 5.52. The first kappa shape index (κ1) is 22.2. The molecular weight excluding hydrogens is 402 g/mol. The summed E-state index contributed by atoms with van der Waals surface area (Å²) in [5, 5.41) is 11.6. The van der Waals surface area contributed by atoms with Gasteiger partial charge in [0, 0.05) is 39.0 Å². The topological polar surface area (TPSA) is 91.7 Å². The molecule has 8 heteroatoms. The summed E-state index contributed by atoms with van der Waals surface area (Å²) >= 11 is 0. The first-order valence-electron chi connectivity index (χ1n) is 9.93. The molecule has 0 radical (unpaired) electrons. The minimum absolute atomic E-state index is 0.219. The number of fused-ring (bicyclic) bond motifs is 1. The van der Waals surface area contributed by atoms with E-state index in [9.17, 15) is 13.7 Å². The van der Waals surface area contributed by atoms with Crippen LogP contribution in [0.3, 0.4) is 0 Å². The molecule has 7 nitrogen and oxygen atoms in total. The molecule has 0 aromatic heterocycles. The number of ether oxygens (including phenoxy) is 2. The van der Waals surface area contributed by atoms with Gasteiger partial charge >= 0.3 is 0 Å².